The van der Waals surface area contributed by atoms with Gasteiger partial charge < -0.3 is 4.90 Å². The number of rotatable bonds is 2. The van der Waals surface area contributed by atoms with Crippen LogP contribution in [0, 0.1) is 13.8 Å². The minimum Gasteiger partial charge on any atom is -0.368 e. The summed E-state index contributed by atoms with van der Waals surface area (Å²) in [5.74, 6) is 0. The van der Waals surface area contributed by atoms with Crippen molar-refractivity contribution >= 4 is 22.9 Å². The quantitative estimate of drug-likeness (QED) is 0.803. The number of aryl methyl sites for hydroxylation is 2. The van der Waals surface area contributed by atoms with E-state index < -0.39 is 0 Å². The van der Waals surface area contributed by atoms with E-state index >= 15 is 0 Å². The number of aromatic nitrogens is 1. The highest BCUT2D eigenvalue weighted by Crippen LogP contribution is 2.35. The number of benzene rings is 1. The van der Waals surface area contributed by atoms with Crippen molar-refractivity contribution in [3.8, 4) is 0 Å². The topological polar surface area (TPSA) is 16.1 Å². The summed E-state index contributed by atoms with van der Waals surface area (Å²) in [4.78, 5) is 6.62. The second-order valence-corrected chi connectivity index (χ2v) is 6.25. The molecule has 0 radical (unpaired) electrons. The predicted molar refractivity (Wildman–Crippen MR) is 93.5 cm³/mol. The molecule has 1 aromatic carbocycles. The molecular formula is C19H19ClN2. The second-order valence-electron chi connectivity index (χ2n) is 5.76. The Hall–Kier alpha value is -2.06. The molecule has 112 valence electrons. The maximum absolute atomic E-state index is 6.34. The smallest absolute Gasteiger partial charge is 0.0536 e. The van der Waals surface area contributed by atoms with Crippen molar-refractivity contribution in [2.75, 3.05) is 13.6 Å². The fraction of sp³-hybridized carbons (Fsp3) is 0.211. The molecule has 22 heavy (non-hydrogen) atoms. The van der Waals surface area contributed by atoms with Crippen molar-refractivity contribution in [1.82, 2.24) is 9.88 Å². The lowest BCUT2D eigenvalue weighted by Crippen LogP contribution is -2.22. The molecule has 0 fully saturated rings. The van der Waals surface area contributed by atoms with Crippen molar-refractivity contribution < 1.29 is 0 Å². The Morgan fingerprint density at radius 2 is 1.68 bits per heavy atom. The molecule has 1 aliphatic rings. The first-order valence-electron chi connectivity index (χ1n) is 7.36. The minimum absolute atomic E-state index is 0.722. The molecule has 1 aliphatic heterocycles. The van der Waals surface area contributed by atoms with Gasteiger partial charge in [-0.25, -0.2) is 0 Å². The van der Waals surface area contributed by atoms with Gasteiger partial charge in [-0.2, -0.15) is 0 Å². The number of hydrogen-bond donors (Lipinski definition) is 0. The van der Waals surface area contributed by atoms with Gasteiger partial charge >= 0.3 is 0 Å². The lowest BCUT2D eigenvalue weighted by Gasteiger charge is -2.29. The SMILES string of the molecule is Cc1ccc(C2=C(c3ccc(C)nc3)N(C)CC(Cl)=C2)cc1. The van der Waals surface area contributed by atoms with Gasteiger partial charge in [-0.15, -0.1) is 0 Å². The lowest BCUT2D eigenvalue weighted by atomic mass is 9.96. The molecule has 2 aromatic rings. The van der Waals surface area contributed by atoms with Crippen molar-refractivity contribution in [2.24, 2.45) is 0 Å². The van der Waals surface area contributed by atoms with Gasteiger partial charge in [0.05, 0.1) is 12.2 Å². The summed E-state index contributed by atoms with van der Waals surface area (Å²) < 4.78 is 0. The van der Waals surface area contributed by atoms with E-state index in [-0.39, 0.29) is 0 Å². The first-order chi connectivity index (χ1) is 10.5. The summed E-state index contributed by atoms with van der Waals surface area (Å²) in [6.45, 7) is 4.82. The van der Waals surface area contributed by atoms with E-state index in [1.807, 2.05) is 19.2 Å². The van der Waals surface area contributed by atoms with E-state index in [4.69, 9.17) is 11.6 Å². The monoisotopic (exact) mass is 310 g/mol. The zero-order chi connectivity index (χ0) is 15.7. The molecule has 0 spiro atoms. The first-order valence-corrected chi connectivity index (χ1v) is 7.74. The van der Waals surface area contributed by atoms with Crippen LogP contribution in [-0.4, -0.2) is 23.5 Å². The molecular weight excluding hydrogens is 292 g/mol. The van der Waals surface area contributed by atoms with Crippen LogP contribution in [0.1, 0.15) is 22.4 Å². The molecule has 0 aliphatic carbocycles. The third-order valence-corrected chi connectivity index (χ3v) is 4.10. The Bertz CT molecular complexity index is 740. The maximum atomic E-state index is 6.34. The van der Waals surface area contributed by atoms with Crippen LogP contribution in [0.25, 0.3) is 11.3 Å². The Labute approximate surface area is 136 Å². The van der Waals surface area contributed by atoms with E-state index in [1.54, 1.807) is 0 Å². The molecule has 0 unspecified atom stereocenters. The molecule has 2 nitrogen and oxygen atoms in total. The third kappa shape index (κ3) is 2.93. The number of likely N-dealkylation sites (N-methyl/N-ethyl adjacent to an activating group) is 1. The van der Waals surface area contributed by atoms with Crippen LogP contribution in [0.5, 0.6) is 0 Å². The number of pyridine rings is 1. The van der Waals surface area contributed by atoms with Gasteiger partial charge in [0.15, 0.2) is 0 Å². The molecule has 0 bridgehead atoms. The highest BCUT2D eigenvalue weighted by molar-refractivity contribution is 6.31. The molecule has 0 saturated heterocycles. The van der Waals surface area contributed by atoms with Crippen molar-refractivity contribution in [3.63, 3.8) is 0 Å². The van der Waals surface area contributed by atoms with E-state index in [9.17, 15) is 0 Å². The lowest BCUT2D eigenvalue weighted by molar-refractivity contribution is 0.528. The van der Waals surface area contributed by atoms with Crippen LogP contribution < -0.4 is 0 Å². The van der Waals surface area contributed by atoms with Gasteiger partial charge in [-0.1, -0.05) is 41.4 Å². The summed E-state index contributed by atoms with van der Waals surface area (Å²) in [5, 5.41) is 0.849. The van der Waals surface area contributed by atoms with Crippen LogP contribution in [-0.2, 0) is 0 Å². The maximum Gasteiger partial charge on any atom is 0.0536 e. The van der Waals surface area contributed by atoms with Crippen molar-refractivity contribution in [3.05, 3.63) is 76.1 Å². The molecule has 0 amide bonds. The van der Waals surface area contributed by atoms with Gasteiger partial charge in [0, 0.05) is 35.1 Å². The summed E-state index contributed by atoms with van der Waals surface area (Å²) >= 11 is 6.34. The molecule has 0 N–H and O–H groups in total. The fourth-order valence-corrected chi connectivity index (χ4v) is 3.01. The fourth-order valence-electron chi connectivity index (χ4n) is 2.72. The van der Waals surface area contributed by atoms with E-state index in [2.05, 4.69) is 60.3 Å². The summed E-state index contributed by atoms with van der Waals surface area (Å²) in [7, 11) is 2.07. The molecule has 3 heteroatoms. The Kier molecular flexibility index (Phi) is 4.04. The number of nitrogens with zero attached hydrogens (tertiary/aromatic N) is 2. The van der Waals surface area contributed by atoms with E-state index in [0.29, 0.717) is 0 Å². The van der Waals surface area contributed by atoms with Gasteiger partial charge in [-0.05, 0) is 37.6 Å². The number of halogens is 1. The average Bonchev–Trinajstić information content (AvgIpc) is 2.49. The second kappa shape index (κ2) is 5.98. The van der Waals surface area contributed by atoms with Gasteiger partial charge in [-0.3, -0.25) is 4.98 Å². The van der Waals surface area contributed by atoms with Crippen LogP contribution in [0.4, 0.5) is 0 Å². The Balaban J connectivity index is 2.19. The van der Waals surface area contributed by atoms with Gasteiger partial charge in [0.2, 0.25) is 0 Å². The van der Waals surface area contributed by atoms with Gasteiger partial charge in [0.25, 0.3) is 0 Å². The summed E-state index contributed by atoms with van der Waals surface area (Å²) in [6, 6.07) is 12.7. The van der Waals surface area contributed by atoms with Gasteiger partial charge in [0.1, 0.15) is 0 Å². The normalized spacial score (nSPS) is 15.1. The molecule has 0 atom stereocenters. The van der Waals surface area contributed by atoms with Crippen LogP contribution >= 0.6 is 11.6 Å². The molecule has 0 saturated carbocycles. The highest BCUT2D eigenvalue weighted by atomic mass is 35.5. The summed E-state index contributed by atoms with van der Waals surface area (Å²) in [6.07, 6.45) is 4.00. The zero-order valence-corrected chi connectivity index (χ0v) is 13.9. The summed E-state index contributed by atoms with van der Waals surface area (Å²) in [5.41, 5.74) is 6.87. The first kappa shape index (κ1) is 14.9. The van der Waals surface area contributed by atoms with E-state index in [0.717, 1.165) is 28.4 Å². The molecule has 3 rings (SSSR count). The standard InChI is InChI=1S/C19H19ClN2/c1-13-4-7-15(8-5-13)18-10-17(20)12-22(3)19(18)16-9-6-14(2)21-11-16/h4-11H,12H2,1-3H3. The van der Waals surface area contributed by atoms with Crippen LogP contribution in [0.2, 0.25) is 0 Å². The molecule has 2 heterocycles. The Morgan fingerprint density at radius 3 is 2.32 bits per heavy atom. The number of allylic oxidation sites excluding steroid dienone is 2. The highest BCUT2D eigenvalue weighted by Gasteiger charge is 2.20. The van der Waals surface area contributed by atoms with Crippen molar-refractivity contribution in [1.29, 1.82) is 0 Å². The van der Waals surface area contributed by atoms with Crippen LogP contribution in [0.3, 0.4) is 0 Å². The zero-order valence-electron chi connectivity index (χ0n) is 13.1. The number of hydrogen-bond acceptors (Lipinski definition) is 2. The average molecular weight is 311 g/mol. The van der Waals surface area contributed by atoms with E-state index in [1.165, 1.54) is 16.8 Å². The predicted octanol–water partition coefficient (Wildman–Crippen LogP) is 4.63. The molecule has 1 aromatic heterocycles. The van der Waals surface area contributed by atoms with Crippen LogP contribution in [0.15, 0.2) is 53.7 Å². The Morgan fingerprint density at radius 1 is 1.00 bits per heavy atom. The van der Waals surface area contributed by atoms with Crippen molar-refractivity contribution in [2.45, 2.75) is 13.8 Å². The minimum atomic E-state index is 0.722. The third-order valence-electron chi connectivity index (χ3n) is 3.87. The largest absolute Gasteiger partial charge is 0.368 e.